The van der Waals surface area contributed by atoms with E-state index in [2.05, 4.69) is 11.8 Å². The molecule has 0 saturated carbocycles. The van der Waals surface area contributed by atoms with Gasteiger partial charge in [-0.05, 0) is 32.9 Å². The molecule has 0 aromatic heterocycles. The van der Waals surface area contributed by atoms with Gasteiger partial charge in [-0.25, -0.2) is 0 Å². The number of unbranched alkanes of at least 4 members (excludes halogenated alkanes) is 2. The monoisotopic (exact) mass is 243 g/mol. The number of aliphatic carboxylic acids is 1. The molecule has 1 rings (SSSR count). The van der Waals surface area contributed by atoms with Gasteiger partial charge in [-0.15, -0.1) is 0 Å². The van der Waals surface area contributed by atoms with Crippen LogP contribution in [0.3, 0.4) is 0 Å². The van der Waals surface area contributed by atoms with Crippen LogP contribution in [0.4, 0.5) is 0 Å². The van der Waals surface area contributed by atoms with Crippen LogP contribution in [0.1, 0.15) is 39.0 Å². The van der Waals surface area contributed by atoms with E-state index >= 15 is 0 Å². The Hall–Kier alpha value is -0.610. The van der Waals surface area contributed by atoms with Gasteiger partial charge in [-0.3, -0.25) is 4.79 Å². The molecular weight excluding hydrogens is 218 g/mol. The van der Waals surface area contributed by atoms with E-state index in [1.54, 1.807) is 0 Å². The van der Waals surface area contributed by atoms with Gasteiger partial charge in [-0.2, -0.15) is 0 Å². The van der Waals surface area contributed by atoms with Crippen molar-refractivity contribution in [1.82, 2.24) is 4.90 Å². The molecular formula is C13H25NO3. The maximum Gasteiger partial charge on any atom is 0.311 e. The van der Waals surface area contributed by atoms with Crippen LogP contribution in [-0.2, 0) is 9.53 Å². The van der Waals surface area contributed by atoms with Gasteiger partial charge < -0.3 is 14.7 Å². The highest BCUT2D eigenvalue weighted by molar-refractivity contribution is 5.75. The van der Waals surface area contributed by atoms with Crippen molar-refractivity contribution in [2.45, 2.75) is 39.0 Å². The van der Waals surface area contributed by atoms with Gasteiger partial charge in [0.2, 0.25) is 0 Å². The van der Waals surface area contributed by atoms with Crippen LogP contribution in [0.25, 0.3) is 0 Å². The highest BCUT2D eigenvalue weighted by Crippen LogP contribution is 2.31. The van der Waals surface area contributed by atoms with E-state index in [-0.39, 0.29) is 0 Å². The Kier molecular flexibility index (Phi) is 5.92. The SMILES string of the molecule is CCCCCN(C)CC1(C(=O)O)CCOCC1. The molecule has 100 valence electrons. The second-order valence-corrected chi connectivity index (χ2v) is 5.14. The first-order chi connectivity index (χ1) is 8.10. The lowest BCUT2D eigenvalue weighted by molar-refractivity contribution is -0.156. The standard InChI is InChI=1S/C13H25NO3/c1-3-4-5-8-14(2)11-13(12(15)16)6-9-17-10-7-13/h3-11H2,1-2H3,(H,15,16). The molecule has 0 aromatic carbocycles. The summed E-state index contributed by atoms with van der Waals surface area (Å²) in [6.45, 7) is 4.97. The largest absolute Gasteiger partial charge is 0.481 e. The van der Waals surface area contributed by atoms with Crippen LogP contribution in [0.15, 0.2) is 0 Å². The number of rotatable bonds is 7. The smallest absolute Gasteiger partial charge is 0.311 e. The van der Waals surface area contributed by atoms with E-state index in [1.807, 2.05) is 7.05 Å². The van der Waals surface area contributed by atoms with Gasteiger partial charge in [0.1, 0.15) is 0 Å². The molecule has 17 heavy (non-hydrogen) atoms. The molecule has 4 heteroatoms. The number of hydrogen-bond donors (Lipinski definition) is 1. The minimum atomic E-state index is -0.664. The van der Waals surface area contributed by atoms with Crippen molar-refractivity contribution >= 4 is 5.97 Å². The molecule has 0 aliphatic carbocycles. The Labute approximate surface area is 104 Å². The molecule has 1 fully saturated rings. The fraction of sp³-hybridized carbons (Fsp3) is 0.923. The molecule has 0 amide bonds. The van der Waals surface area contributed by atoms with Crippen LogP contribution in [0, 0.1) is 5.41 Å². The van der Waals surface area contributed by atoms with Crippen LogP contribution in [-0.4, -0.2) is 49.3 Å². The summed E-state index contributed by atoms with van der Waals surface area (Å²) in [7, 11) is 2.02. The number of carboxylic acid groups (broad SMARTS) is 1. The summed E-state index contributed by atoms with van der Waals surface area (Å²) in [5.41, 5.74) is -0.584. The van der Waals surface area contributed by atoms with Gasteiger partial charge in [-0.1, -0.05) is 19.8 Å². The van der Waals surface area contributed by atoms with Crippen molar-refractivity contribution in [2.24, 2.45) is 5.41 Å². The molecule has 1 N–H and O–H groups in total. The van der Waals surface area contributed by atoms with Gasteiger partial charge in [0.25, 0.3) is 0 Å². The summed E-state index contributed by atoms with van der Waals surface area (Å²) < 4.78 is 5.27. The third kappa shape index (κ3) is 4.28. The number of carbonyl (C=O) groups is 1. The summed E-state index contributed by atoms with van der Waals surface area (Å²) >= 11 is 0. The van der Waals surface area contributed by atoms with Crippen LogP contribution in [0.2, 0.25) is 0 Å². The first-order valence-corrected chi connectivity index (χ1v) is 6.60. The Balaban J connectivity index is 2.45. The van der Waals surface area contributed by atoms with Gasteiger partial charge in [0.05, 0.1) is 5.41 Å². The lowest BCUT2D eigenvalue weighted by Crippen LogP contribution is -2.45. The minimum absolute atomic E-state index is 0.578. The summed E-state index contributed by atoms with van der Waals surface area (Å²) in [4.78, 5) is 13.6. The highest BCUT2D eigenvalue weighted by Gasteiger charge is 2.40. The fourth-order valence-electron chi connectivity index (χ4n) is 2.43. The zero-order chi connectivity index (χ0) is 12.7. The summed E-state index contributed by atoms with van der Waals surface area (Å²) in [6.07, 6.45) is 4.85. The number of hydrogen-bond acceptors (Lipinski definition) is 3. The minimum Gasteiger partial charge on any atom is -0.481 e. The third-order valence-corrected chi connectivity index (χ3v) is 3.62. The van der Waals surface area contributed by atoms with Gasteiger partial charge in [0.15, 0.2) is 0 Å². The zero-order valence-electron chi connectivity index (χ0n) is 11.1. The van der Waals surface area contributed by atoms with Gasteiger partial charge in [0, 0.05) is 19.8 Å². The Morgan fingerprint density at radius 2 is 2.00 bits per heavy atom. The van der Waals surface area contributed by atoms with E-state index < -0.39 is 11.4 Å². The second kappa shape index (κ2) is 6.97. The molecule has 0 aromatic rings. The molecule has 0 bridgehead atoms. The van der Waals surface area contributed by atoms with E-state index in [4.69, 9.17) is 4.74 Å². The fourth-order valence-corrected chi connectivity index (χ4v) is 2.43. The average molecular weight is 243 g/mol. The number of nitrogens with zero attached hydrogens (tertiary/aromatic N) is 1. The lowest BCUT2D eigenvalue weighted by Gasteiger charge is -2.36. The van der Waals surface area contributed by atoms with Crippen molar-refractivity contribution in [1.29, 1.82) is 0 Å². The average Bonchev–Trinajstić information content (AvgIpc) is 2.30. The van der Waals surface area contributed by atoms with Gasteiger partial charge >= 0.3 is 5.97 Å². The molecule has 0 unspecified atom stereocenters. The first kappa shape index (κ1) is 14.5. The molecule has 1 aliphatic rings. The van der Waals surface area contributed by atoms with Crippen molar-refractivity contribution < 1.29 is 14.6 Å². The Bertz CT molecular complexity index is 237. The predicted octanol–water partition coefficient (Wildman–Crippen LogP) is 1.99. The Morgan fingerprint density at radius 3 is 2.53 bits per heavy atom. The predicted molar refractivity (Wildman–Crippen MR) is 67.1 cm³/mol. The van der Waals surface area contributed by atoms with E-state index in [9.17, 15) is 9.90 Å². The lowest BCUT2D eigenvalue weighted by atomic mass is 9.80. The molecule has 0 radical (unpaired) electrons. The van der Waals surface area contributed by atoms with Crippen molar-refractivity contribution in [3.8, 4) is 0 Å². The van der Waals surface area contributed by atoms with Crippen LogP contribution in [0.5, 0.6) is 0 Å². The Morgan fingerprint density at radius 1 is 1.35 bits per heavy atom. The highest BCUT2D eigenvalue weighted by atomic mass is 16.5. The van der Waals surface area contributed by atoms with Crippen molar-refractivity contribution in [2.75, 3.05) is 33.4 Å². The van der Waals surface area contributed by atoms with E-state index in [0.29, 0.717) is 32.6 Å². The van der Waals surface area contributed by atoms with Crippen molar-refractivity contribution in [3.05, 3.63) is 0 Å². The molecule has 4 nitrogen and oxygen atoms in total. The normalized spacial score (nSPS) is 19.5. The maximum atomic E-state index is 11.5. The second-order valence-electron chi connectivity index (χ2n) is 5.14. The molecule has 0 spiro atoms. The third-order valence-electron chi connectivity index (χ3n) is 3.62. The quantitative estimate of drug-likeness (QED) is 0.695. The van der Waals surface area contributed by atoms with Crippen LogP contribution < -0.4 is 0 Å². The zero-order valence-corrected chi connectivity index (χ0v) is 11.1. The number of ether oxygens (including phenoxy) is 1. The van der Waals surface area contributed by atoms with Crippen LogP contribution >= 0.6 is 0 Å². The maximum absolute atomic E-state index is 11.5. The first-order valence-electron chi connectivity index (χ1n) is 6.60. The molecule has 0 atom stereocenters. The summed E-state index contributed by atoms with van der Waals surface area (Å²) in [6, 6.07) is 0. The number of carboxylic acids is 1. The molecule has 1 heterocycles. The molecule has 1 aliphatic heterocycles. The van der Waals surface area contributed by atoms with Crippen molar-refractivity contribution in [3.63, 3.8) is 0 Å². The van der Waals surface area contributed by atoms with E-state index in [1.165, 1.54) is 12.8 Å². The summed E-state index contributed by atoms with van der Waals surface area (Å²) in [5, 5.41) is 9.43. The molecule has 1 saturated heterocycles. The summed E-state index contributed by atoms with van der Waals surface area (Å²) in [5.74, 6) is -0.664. The topological polar surface area (TPSA) is 49.8 Å². The van der Waals surface area contributed by atoms with E-state index in [0.717, 1.165) is 13.0 Å².